The topological polar surface area (TPSA) is 70.1 Å². The van der Waals surface area contributed by atoms with Crippen molar-refractivity contribution in [3.8, 4) is 5.75 Å². The van der Waals surface area contributed by atoms with Gasteiger partial charge in [0.15, 0.2) is 0 Å². The van der Waals surface area contributed by atoms with Crippen molar-refractivity contribution in [1.29, 1.82) is 0 Å². The first-order chi connectivity index (χ1) is 15.1. The van der Waals surface area contributed by atoms with Gasteiger partial charge in [0.25, 0.3) is 0 Å². The van der Waals surface area contributed by atoms with Crippen LogP contribution in [0.2, 0.25) is 0 Å². The fourth-order valence-corrected chi connectivity index (χ4v) is 7.24. The average molecular weight is 463 g/mol. The SMILES string of the molecule is CC(C)Oc1cccc(CN2CC[C@@]3(C[C@@H]2C)C(O)CS(=O)(=O)N3c2cccc(F)c2)c1. The van der Waals surface area contributed by atoms with Crippen LogP contribution in [0.4, 0.5) is 10.1 Å². The summed E-state index contributed by atoms with van der Waals surface area (Å²) in [5, 5.41) is 10.9. The number of likely N-dealkylation sites (tertiary alicyclic amines) is 1. The van der Waals surface area contributed by atoms with Gasteiger partial charge in [-0.25, -0.2) is 12.8 Å². The molecule has 0 radical (unpaired) electrons. The zero-order valence-electron chi connectivity index (χ0n) is 18.7. The number of benzene rings is 2. The Balaban J connectivity index is 1.57. The number of halogens is 1. The van der Waals surface area contributed by atoms with Crippen LogP contribution in [0.1, 0.15) is 39.2 Å². The molecule has 0 aromatic heterocycles. The Labute approximate surface area is 189 Å². The van der Waals surface area contributed by atoms with Crippen LogP contribution >= 0.6 is 0 Å². The molecule has 174 valence electrons. The first kappa shape index (κ1) is 23.0. The van der Waals surface area contributed by atoms with E-state index < -0.39 is 27.5 Å². The van der Waals surface area contributed by atoms with Crippen LogP contribution < -0.4 is 9.04 Å². The van der Waals surface area contributed by atoms with Crippen LogP contribution in [0.3, 0.4) is 0 Å². The third kappa shape index (κ3) is 4.36. The largest absolute Gasteiger partial charge is 0.491 e. The third-order valence-electron chi connectivity index (χ3n) is 6.47. The maximum Gasteiger partial charge on any atom is 0.238 e. The van der Waals surface area contributed by atoms with Crippen molar-refractivity contribution in [2.24, 2.45) is 0 Å². The van der Waals surface area contributed by atoms with E-state index in [1.165, 1.54) is 22.5 Å². The van der Waals surface area contributed by atoms with Crippen LogP contribution in [-0.2, 0) is 16.6 Å². The van der Waals surface area contributed by atoms with Crippen molar-refractivity contribution in [3.63, 3.8) is 0 Å². The molecule has 0 saturated carbocycles. The molecular formula is C24H31FN2O4S. The number of hydrogen-bond acceptors (Lipinski definition) is 5. The molecule has 2 aliphatic heterocycles. The number of rotatable bonds is 5. The zero-order chi connectivity index (χ0) is 23.1. The number of piperidine rings is 1. The molecule has 0 amide bonds. The molecule has 3 atom stereocenters. The Bertz CT molecular complexity index is 1080. The summed E-state index contributed by atoms with van der Waals surface area (Å²) < 4.78 is 47.0. The second kappa shape index (κ2) is 8.65. The summed E-state index contributed by atoms with van der Waals surface area (Å²) in [6, 6.07) is 13.6. The van der Waals surface area contributed by atoms with Crippen molar-refractivity contribution in [2.75, 3.05) is 16.6 Å². The second-order valence-electron chi connectivity index (χ2n) is 9.23. The minimum Gasteiger partial charge on any atom is -0.491 e. The number of nitrogens with zero attached hydrogens (tertiary/aromatic N) is 2. The Hall–Kier alpha value is -2.16. The minimum atomic E-state index is -3.75. The number of sulfonamides is 1. The highest BCUT2D eigenvalue weighted by molar-refractivity contribution is 7.93. The Kier molecular flexibility index (Phi) is 6.22. The van der Waals surface area contributed by atoms with Gasteiger partial charge in [-0.15, -0.1) is 0 Å². The predicted octanol–water partition coefficient (Wildman–Crippen LogP) is 3.55. The number of anilines is 1. The van der Waals surface area contributed by atoms with Gasteiger partial charge in [-0.1, -0.05) is 18.2 Å². The van der Waals surface area contributed by atoms with Crippen LogP contribution in [-0.4, -0.2) is 54.5 Å². The Morgan fingerprint density at radius 3 is 2.66 bits per heavy atom. The van der Waals surface area contributed by atoms with Gasteiger partial charge in [-0.2, -0.15) is 0 Å². The van der Waals surface area contributed by atoms with E-state index in [2.05, 4.69) is 17.9 Å². The fourth-order valence-electron chi connectivity index (χ4n) is 5.11. The van der Waals surface area contributed by atoms with E-state index >= 15 is 0 Å². The smallest absolute Gasteiger partial charge is 0.238 e. The molecule has 2 fully saturated rings. The summed E-state index contributed by atoms with van der Waals surface area (Å²) >= 11 is 0. The molecular weight excluding hydrogens is 431 g/mol. The van der Waals surface area contributed by atoms with Crippen LogP contribution in [0.15, 0.2) is 48.5 Å². The molecule has 2 aromatic carbocycles. The minimum absolute atomic E-state index is 0.0254. The van der Waals surface area contributed by atoms with Crippen LogP contribution in [0.5, 0.6) is 5.75 Å². The third-order valence-corrected chi connectivity index (χ3v) is 8.34. The van der Waals surface area contributed by atoms with E-state index in [0.717, 1.165) is 11.3 Å². The van der Waals surface area contributed by atoms with Gasteiger partial charge in [0, 0.05) is 19.1 Å². The molecule has 32 heavy (non-hydrogen) atoms. The lowest BCUT2D eigenvalue weighted by atomic mass is 9.79. The first-order valence-corrected chi connectivity index (χ1v) is 12.7. The average Bonchev–Trinajstić information content (AvgIpc) is 2.88. The molecule has 2 aliphatic rings. The number of aliphatic hydroxyl groups is 1. The van der Waals surface area contributed by atoms with Gasteiger partial charge >= 0.3 is 0 Å². The number of hydrogen-bond donors (Lipinski definition) is 1. The fraction of sp³-hybridized carbons (Fsp3) is 0.500. The van der Waals surface area contributed by atoms with Crippen molar-refractivity contribution in [3.05, 3.63) is 59.9 Å². The van der Waals surface area contributed by atoms with Gasteiger partial charge in [-0.05, 0) is 69.5 Å². The molecule has 2 aromatic rings. The van der Waals surface area contributed by atoms with Gasteiger partial charge in [0.1, 0.15) is 11.6 Å². The zero-order valence-corrected chi connectivity index (χ0v) is 19.6. The molecule has 1 N–H and O–H groups in total. The van der Waals surface area contributed by atoms with Gasteiger partial charge in [0.05, 0.1) is 29.2 Å². The maximum absolute atomic E-state index is 13.9. The Morgan fingerprint density at radius 1 is 1.22 bits per heavy atom. The van der Waals surface area contributed by atoms with Gasteiger partial charge in [-0.3, -0.25) is 9.21 Å². The Morgan fingerprint density at radius 2 is 1.97 bits per heavy atom. The normalized spacial score (nSPS) is 27.9. The van der Waals surface area contributed by atoms with E-state index in [-0.39, 0.29) is 23.6 Å². The highest BCUT2D eigenvalue weighted by atomic mass is 32.2. The van der Waals surface area contributed by atoms with Crippen molar-refractivity contribution >= 4 is 15.7 Å². The van der Waals surface area contributed by atoms with Crippen molar-refractivity contribution < 1.29 is 22.7 Å². The van der Waals surface area contributed by atoms with Crippen molar-refractivity contribution in [2.45, 2.75) is 63.9 Å². The summed E-state index contributed by atoms with van der Waals surface area (Å²) in [4.78, 5) is 2.29. The lowest BCUT2D eigenvalue weighted by Gasteiger charge is -2.49. The van der Waals surface area contributed by atoms with E-state index in [0.29, 0.717) is 25.9 Å². The summed E-state index contributed by atoms with van der Waals surface area (Å²) in [5.74, 6) is -0.0124. The van der Waals surface area contributed by atoms with E-state index in [1.807, 2.05) is 32.0 Å². The van der Waals surface area contributed by atoms with Crippen LogP contribution in [0, 0.1) is 5.82 Å². The van der Waals surface area contributed by atoms with Crippen molar-refractivity contribution in [1.82, 2.24) is 4.90 Å². The molecule has 1 unspecified atom stereocenters. The summed E-state index contributed by atoms with van der Waals surface area (Å²) in [7, 11) is -3.75. The predicted molar refractivity (Wildman–Crippen MR) is 123 cm³/mol. The van der Waals surface area contributed by atoms with E-state index in [9.17, 15) is 17.9 Å². The first-order valence-electron chi connectivity index (χ1n) is 11.1. The quantitative estimate of drug-likeness (QED) is 0.736. The van der Waals surface area contributed by atoms with Gasteiger partial charge in [0.2, 0.25) is 10.0 Å². The molecule has 6 nitrogen and oxygen atoms in total. The molecule has 8 heteroatoms. The molecule has 0 aliphatic carbocycles. The highest BCUT2D eigenvalue weighted by Gasteiger charge is 2.58. The molecule has 2 saturated heterocycles. The number of ether oxygens (including phenoxy) is 1. The second-order valence-corrected chi connectivity index (χ2v) is 11.1. The maximum atomic E-state index is 13.9. The molecule has 2 heterocycles. The van der Waals surface area contributed by atoms with Gasteiger partial charge < -0.3 is 9.84 Å². The summed E-state index contributed by atoms with van der Waals surface area (Å²) in [5.41, 5.74) is 0.429. The number of aliphatic hydroxyl groups excluding tert-OH is 1. The van der Waals surface area contributed by atoms with Crippen LogP contribution in [0.25, 0.3) is 0 Å². The lowest BCUT2D eigenvalue weighted by Crippen LogP contribution is -2.60. The monoisotopic (exact) mass is 462 g/mol. The van der Waals surface area contributed by atoms with E-state index in [4.69, 9.17) is 4.74 Å². The lowest BCUT2D eigenvalue weighted by molar-refractivity contribution is 0.0324. The molecule has 4 rings (SSSR count). The highest BCUT2D eigenvalue weighted by Crippen LogP contribution is 2.45. The van der Waals surface area contributed by atoms with E-state index in [1.54, 1.807) is 6.07 Å². The standard InChI is InChI=1S/C24H31FN2O4S/c1-17(2)31-22-9-4-6-19(12-22)15-26-11-10-24(14-18(26)3)23(28)16-32(29,30)27(24)21-8-5-7-20(25)13-21/h4-9,12-13,17-18,23,28H,10-11,14-16H2,1-3H3/t18-,23?,24+/m0/s1. The summed E-state index contributed by atoms with van der Waals surface area (Å²) in [6.07, 6.45) is 0.00414. The molecule has 1 spiro atoms. The summed E-state index contributed by atoms with van der Waals surface area (Å²) in [6.45, 7) is 7.36. The molecule has 0 bridgehead atoms.